The predicted molar refractivity (Wildman–Crippen MR) is 96.4 cm³/mol. The lowest BCUT2D eigenvalue weighted by Crippen LogP contribution is -2.20. The molecule has 0 aliphatic rings. The normalized spacial score (nSPS) is 10.8. The van der Waals surface area contributed by atoms with Crippen LogP contribution in [-0.4, -0.2) is 19.0 Å². The Morgan fingerprint density at radius 1 is 1.24 bits per heavy atom. The minimum Gasteiger partial charge on any atom is -0.469 e. The first-order valence-electron chi connectivity index (χ1n) is 7.53. The molecule has 0 aliphatic carbocycles. The van der Waals surface area contributed by atoms with Crippen molar-refractivity contribution in [3.8, 4) is 0 Å². The molecular formula is C18H17Cl2NO4. The second-order valence-electron chi connectivity index (χ2n) is 5.17. The number of ether oxygens (including phenoxy) is 1. The zero-order valence-electron chi connectivity index (χ0n) is 13.6. The summed E-state index contributed by atoms with van der Waals surface area (Å²) in [6, 6.07) is 8.58. The van der Waals surface area contributed by atoms with Gasteiger partial charge in [-0.2, -0.15) is 0 Å². The van der Waals surface area contributed by atoms with Gasteiger partial charge in [0.2, 0.25) is 5.91 Å². The number of carbonyl (C=O) groups is 2. The van der Waals surface area contributed by atoms with E-state index >= 15 is 0 Å². The number of furan rings is 1. The smallest absolute Gasteiger partial charge is 0.305 e. The van der Waals surface area contributed by atoms with Crippen LogP contribution in [0.3, 0.4) is 0 Å². The fraction of sp³-hybridized carbons (Fsp3) is 0.222. The fourth-order valence-corrected chi connectivity index (χ4v) is 2.49. The summed E-state index contributed by atoms with van der Waals surface area (Å²) in [5.74, 6) is 0.602. The van der Waals surface area contributed by atoms with Gasteiger partial charge >= 0.3 is 5.97 Å². The monoisotopic (exact) mass is 381 g/mol. The molecule has 0 aliphatic heterocycles. The lowest BCUT2D eigenvalue weighted by Gasteiger charge is -2.05. The number of nitrogens with one attached hydrogen (secondary N) is 1. The third kappa shape index (κ3) is 6.29. The molecule has 0 bridgehead atoms. The van der Waals surface area contributed by atoms with Crippen molar-refractivity contribution in [1.82, 2.24) is 5.32 Å². The Hall–Kier alpha value is -2.24. The zero-order chi connectivity index (χ0) is 18.2. The number of amides is 1. The van der Waals surface area contributed by atoms with Crippen LogP contribution in [0.1, 0.15) is 23.5 Å². The Balaban J connectivity index is 1.83. The SMILES string of the molecule is COC(=O)CCc1ccc(/C=C/C(=O)NCc2ccc(Cl)cc2Cl)o1. The first kappa shape index (κ1) is 19.1. The fourth-order valence-electron chi connectivity index (χ4n) is 2.01. The second-order valence-corrected chi connectivity index (χ2v) is 6.01. The van der Waals surface area contributed by atoms with Gasteiger partial charge in [0.05, 0.1) is 13.5 Å². The van der Waals surface area contributed by atoms with Crippen molar-refractivity contribution in [3.05, 3.63) is 63.5 Å². The van der Waals surface area contributed by atoms with Crippen LogP contribution in [0.25, 0.3) is 6.08 Å². The average Bonchev–Trinajstić information content (AvgIpc) is 3.05. The molecule has 2 aromatic rings. The van der Waals surface area contributed by atoms with Gasteiger partial charge in [-0.25, -0.2) is 0 Å². The highest BCUT2D eigenvalue weighted by Gasteiger charge is 2.06. The van der Waals surface area contributed by atoms with E-state index in [1.54, 1.807) is 36.4 Å². The Morgan fingerprint density at radius 3 is 2.76 bits per heavy atom. The topological polar surface area (TPSA) is 68.5 Å². The number of esters is 1. The van der Waals surface area contributed by atoms with E-state index in [1.807, 2.05) is 0 Å². The number of aryl methyl sites for hydroxylation is 1. The summed E-state index contributed by atoms with van der Waals surface area (Å²) >= 11 is 11.9. The summed E-state index contributed by atoms with van der Waals surface area (Å²) in [4.78, 5) is 22.9. The molecule has 0 radical (unpaired) electrons. The third-order valence-electron chi connectivity index (χ3n) is 3.35. The van der Waals surface area contributed by atoms with E-state index in [9.17, 15) is 9.59 Å². The molecule has 1 aromatic heterocycles. The lowest BCUT2D eigenvalue weighted by atomic mass is 10.2. The number of rotatable bonds is 7. The van der Waals surface area contributed by atoms with Crippen molar-refractivity contribution in [2.24, 2.45) is 0 Å². The molecule has 0 saturated carbocycles. The summed E-state index contributed by atoms with van der Waals surface area (Å²) in [5.41, 5.74) is 0.774. The summed E-state index contributed by atoms with van der Waals surface area (Å²) in [6.07, 6.45) is 3.62. The van der Waals surface area contributed by atoms with Crippen LogP contribution in [0.15, 0.2) is 40.8 Å². The Bertz CT molecular complexity index is 783. The van der Waals surface area contributed by atoms with Crippen molar-refractivity contribution >= 4 is 41.2 Å². The Morgan fingerprint density at radius 2 is 2.04 bits per heavy atom. The molecule has 132 valence electrons. The number of methoxy groups -OCH3 is 1. The minimum atomic E-state index is -0.297. The maximum atomic E-state index is 11.9. The first-order valence-corrected chi connectivity index (χ1v) is 8.29. The lowest BCUT2D eigenvalue weighted by molar-refractivity contribution is -0.140. The van der Waals surface area contributed by atoms with E-state index in [-0.39, 0.29) is 18.3 Å². The maximum absolute atomic E-state index is 11.9. The van der Waals surface area contributed by atoms with E-state index in [1.165, 1.54) is 13.2 Å². The van der Waals surface area contributed by atoms with Crippen LogP contribution in [0.4, 0.5) is 0 Å². The van der Waals surface area contributed by atoms with E-state index in [4.69, 9.17) is 27.6 Å². The quantitative estimate of drug-likeness (QED) is 0.580. The van der Waals surface area contributed by atoms with Crippen molar-refractivity contribution in [2.45, 2.75) is 19.4 Å². The summed E-state index contributed by atoms with van der Waals surface area (Å²) in [5, 5.41) is 3.77. The molecule has 2 rings (SSSR count). The predicted octanol–water partition coefficient (Wildman–Crippen LogP) is 4.02. The molecule has 25 heavy (non-hydrogen) atoms. The van der Waals surface area contributed by atoms with Crippen LogP contribution in [0.5, 0.6) is 0 Å². The molecule has 0 atom stereocenters. The van der Waals surface area contributed by atoms with Gasteiger partial charge in [0.25, 0.3) is 0 Å². The van der Waals surface area contributed by atoms with Gasteiger partial charge in [-0.05, 0) is 35.9 Å². The molecule has 1 heterocycles. The van der Waals surface area contributed by atoms with Crippen LogP contribution in [0.2, 0.25) is 10.0 Å². The molecule has 7 heteroatoms. The van der Waals surface area contributed by atoms with Gasteiger partial charge in [0.15, 0.2) is 0 Å². The molecule has 0 fully saturated rings. The van der Waals surface area contributed by atoms with E-state index in [0.29, 0.717) is 34.5 Å². The summed E-state index contributed by atoms with van der Waals surface area (Å²) < 4.78 is 10.1. The molecule has 1 aromatic carbocycles. The van der Waals surface area contributed by atoms with Gasteiger partial charge in [0.1, 0.15) is 11.5 Å². The molecule has 0 saturated heterocycles. The van der Waals surface area contributed by atoms with Gasteiger partial charge < -0.3 is 14.5 Å². The Kier molecular flexibility index (Phi) is 7.10. The molecule has 0 unspecified atom stereocenters. The highest BCUT2D eigenvalue weighted by molar-refractivity contribution is 6.35. The van der Waals surface area contributed by atoms with Crippen molar-refractivity contribution < 1.29 is 18.7 Å². The second kappa shape index (κ2) is 9.30. The van der Waals surface area contributed by atoms with Gasteiger partial charge in [0, 0.05) is 29.1 Å². The number of benzene rings is 1. The zero-order valence-corrected chi connectivity index (χ0v) is 15.1. The standard InChI is InChI=1S/C18H17Cl2NO4/c1-24-18(23)9-7-15-5-4-14(25-15)6-8-17(22)21-11-12-2-3-13(19)10-16(12)20/h2-6,8,10H,7,9,11H2,1H3,(H,21,22)/b8-6+. The van der Waals surface area contributed by atoms with Crippen LogP contribution >= 0.6 is 23.2 Å². The van der Waals surface area contributed by atoms with Gasteiger partial charge in [-0.15, -0.1) is 0 Å². The molecular weight excluding hydrogens is 365 g/mol. The van der Waals surface area contributed by atoms with E-state index in [0.717, 1.165) is 5.56 Å². The first-order chi connectivity index (χ1) is 12.0. The molecule has 0 spiro atoms. The molecule has 1 N–H and O–H groups in total. The minimum absolute atomic E-state index is 0.246. The van der Waals surface area contributed by atoms with E-state index in [2.05, 4.69) is 10.1 Å². The third-order valence-corrected chi connectivity index (χ3v) is 3.94. The highest BCUT2D eigenvalue weighted by Crippen LogP contribution is 2.20. The summed E-state index contributed by atoms with van der Waals surface area (Å²) in [6.45, 7) is 0.293. The average molecular weight is 382 g/mol. The molecule has 1 amide bonds. The summed E-state index contributed by atoms with van der Waals surface area (Å²) in [7, 11) is 1.34. The highest BCUT2D eigenvalue weighted by atomic mass is 35.5. The molecule has 5 nitrogen and oxygen atoms in total. The Labute approximate surface area is 155 Å². The maximum Gasteiger partial charge on any atom is 0.305 e. The largest absolute Gasteiger partial charge is 0.469 e. The van der Waals surface area contributed by atoms with Gasteiger partial charge in [-0.1, -0.05) is 29.3 Å². The van der Waals surface area contributed by atoms with Gasteiger partial charge in [-0.3, -0.25) is 9.59 Å². The van der Waals surface area contributed by atoms with Crippen molar-refractivity contribution in [1.29, 1.82) is 0 Å². The van der Waals surface area contributed by atoms with Crippen LogP contribution in [0, 0.1) is 0 Å². The number of halogens is 2. The number of hydrogen-bond donors (Lipinski definition) is 1. The number of carbonyl (C=O) groups excluding carboxylic acids is 2. The number of hydrogen-bond acceptors (Lipinski definition) is 4. The van der Waals surface area contributed by atoms with Crippen molar-refractivity contribution in [2.75, 3.05) is 7.11 Å². The van der Waals surface area contributed by atoms with Crippen LogP contribution < -0.4 is 5.32 Å². The van der Waals surface area contributed by atoms with Crippen LogP contribution in [-0.2, 0) is 27.3 Å². The van der Waals surface area contributed by atoms with Crippen molar-refractivity contribution in [3.63, 3.8) is 0 Å². The van der Waals surface area contributed by atoms with E-state index < -0.39 is 0 Å².